The third-order valence-electron chi connectivity index (χ3n) is 2.72. The van der Waals surface area contributed by atoms with Gasteiger partial charge in [0.25, 0.3) is 0 Å². The van der Waals surface area contributed by atoms with E-state index in [1.54, 1.807) is 18.2 Å². The molecule has 0 aromatic heterocycles. The van der Waals surface area contributed by atoms with Gasteiger partial charge in [-0.1, -0.05) is 23.4 Å². The molecule has 0 saturated heterocycles. The van der Waals surface area contributed by atoms with Crippen molar-refractivity contribution in [1.29, 1.82) is 10.5 Å². The number of hydrogen-bond acceptors (Lipinski definition) is 4. The van der Waals surface area contributed by atoms with Crippen molar-refractivity contribution in [2.45, 2.75) is 16.7 Å². The molecular weight excluding hydrogens is 318 g/mol. The zero-order chi connectivity index (χ0) is 16.1. The second-order valence-corrected chi connectivity index (χ2v) is 5.88. The average molecular weight is 328 g/mol. The Balaban J connectivity index is 2.26. The van der Waals surface area contributed by atoms with Gasteiger partial charge < -0.3 is 5.32 Å². The van der Waals surface area contributed by atoms with Crippen molar-refractivity contribution in [1.82, 2.24) is 0 Å². The highest BCUT2D eigenvalue weighted by atomic mass is 35.5. The van der Waals surface area contributed by atoms with Gasteiger partial charge in [-0.3, -0.25) is 4.79 Å². The fraction of sp³-hybridized carbons (Fsp3) is 0.0625. The first-order chi connectivity index (χ1) is 10.5. The second-order valence-electron chi connectivity index (χ2n) is 4.36. The molecule has 0 aliphatic heterocycles. The van der Waals surface area contributed by atoms with Gasteiger partial charge in [0.15, 0.2) is 0 Å². The van der Waals surface area contributed by atoms with E-state index in [9.17, 15) is 4.79 Å². The number of carbonyl (C=O) groups excluding carboxylic acids is 1. The van der Waals surface area contributed by atoms with Crippen LogP contribution < -0.4 is 5.32 Å². The first kappa shape index (κ1) is 15.9. The number of nitriles is 2. The molecule has 2 aromatic carbocycles. The van der Waals surface area contributed by atoms with E-state index in [1.165, 1.54) is 24.8 Å². The number of halogens is 1. The number of nitrogens with one attached hydrogen (secondary N) is 1. The minimum Gasteiger partial charge on any atom is -0.326 e. The van der Waals surface area contributed by atoms with E-state index in [0.717, 1.165) is 4.90 Å². The van der Waals surface area contributed by atoms with Crippen molar-refractivity contribution in [3.63, 3.8) is 0 Å². The lowest BCUT2D eigenvalue weighted by Gasteiger charge is -2.07. The molecule has 1 amide bonds. The minimum atomic E-state index is -0.130. The Morgan fingerprint density at radius 1 is 1.14 bits per heavy atom. The third kappa shape index (κ3) is 3.79. The second kappa shape index (κ2) is 7.00. The summed E-state index contributed by atoms with van der Waals surface area (Å²) < 4.78 is 0. The van der Waals surface area contributed by atoms with Crippen molar-refractivity contribution in [2.75, 3.05) is 5.32 Å². The minimum absolute atomic E-state index is 0.130. The molecule has 6 heteroatoms. The van der Waals surface area contributed by atoms with Gasteiger partial charge in [-0.05, 0) is 36.4 Å². The summed E-state index contributed by atoms with van der Waals surface area (Å²) >= 11 is 7.53. The summed E-state index contributed by atoms with van der Waals surface area (Å²) in [5.41, 5.74) is 1.27. The van der Waals surface area contributed by atoms with Gasteiger partial charge >= 0.3 is 0 Å². The Kier molecular flexibility index (Phi) is 5.06. The summed E-state index contributed by atoms with van der Waals surface area (Å²) in [6.45, 7) is 1.45. The van der Waals surface area contributed by atoms with Crippen LogP contribution >= 0.6 is 23.4 Å². The normalized spacial score (nSPS) is 9.64. The van der Waals surface area contributed by atoms with Gasteiger partial charge in [0.1, 0.15) is 12.1 Å². The first-order valence-electron chi connectivity index (χ1n) is 6.22. The maximum atomic E-state index is 11.0. The van der Waals surface area contributed by atoms with E-state index in [0.29, 0.717) is 21.2 Å². The van der Waals surface area contributed by atoms with Crippen LogP contribution in [0, 0.1) is 22.7 Å². The lowest BCUT2D eigenvalue weighted by molar-refractivity contribution is -0.114. The van der Waals surface area contributed by atoms with E-state index >= 15 is 0 Å². The topological polar surface area (TPSA) is 76.7 Å². The molecule has 0 spiro atoms. The van der Waals surface area contributed by atoms with E-state index in [4.69, 9.17) is 22.1 Å². The van der Waals surface area contributed by atoms with Crippen molar-refractivity contribution < 1.29 is 4.79 Å². The maximum Gasteiger partial charge on any atom is 0.221 e. The molecule has 1 N–H and O–H groups in total. The zero-order valence-electron chi connectivity index (χ0n) is 11.6. The molecule has 108 valence electrons. The monoisotopic (exact) mass is 327 g/mol. The summed E-state index contributed by atoms with van der Waals surface area (Å²) in [4.78, 5) is 12.6. The van der Waals surface area contributed by atoms with Crippen LogP contribution in [0.4, 0.5) is 5.69 Å². The Hall–Kier alpha value is -2.47. The largest absolute Gasteiger partial charge is 0.326 e. The van der Waals surface area contributed by atoms with E-state index in [2.05, 4.69) is 5.32 Å². The molecule has 0 saturated carbocycles. The van der Waals surface area contributed by atoms with Gasteiger partial charge in [0.05, 0.1) is 16.1 Å². The predicted molar refractivity (Wildman–Crippen MR) is 85.8 cm³/mol. The molecule has 0 unspecified atom stereocenters. The lowest BCUT2D eigenvalue weighted by Crippen LogP contribution is -2.05. The number of nitrogens with zero attached hydrogens (tertiary/aromatic N) is 2. The third-order valence-corrected chi connectivity index (χ3v) is 4.21. The Morgan fingerprint density at radius 3 is 2.27 bits per heavy atom. The standard InChI is InChI=1S/C16H10ClN3OS/c1-10(21)20-13-2-4-14(5-3-13)22-16-7-12(9-19)11(8-18)6-15(16)17/h2-7H,1H3,(H,20,21). The van der Waals surface area contributed by atoms with Crippen LogP contribution in [0.5, 0.6) is 0 Å². The Labute approximate surface area is 137 Å². The van der Waals surface area contributed by atoms with Crippen LogP contribution in [0.15, 0.2) is 46.2 Å². The zero-order valence-corrected chi connectivity index (χ0v) is 13.1. The quantitative estimate of drug-likeness (QED) is 0.916. The van der Waals surface area contributed by atoms with Gasteiger partial charge in [-0.2, -0.15) is 10.5 Å². The molecule has 2 aromatic rings. The Bertz CT molecular complexity index is 804. The van der Waals surface area contributed by atoms with Crippen molar-refractivity contribution in [2.24, 2.45) is 0 Å². The number of rotatable bonds is 3. The summed E-state index contributed by atoms with van der Waals surface area (Å²) in [6.07, 6.45) is 0. The molecule has 0 radical (unpaired) electrons. The summed E-state index contributed by atoms with van der Waals surface area (Å²) in [6, 6.07) is 14.3. The summed E-state index contributed by atoms with van der Waals surface area (Å²) in [5.74, 6) is -0.130. The van der Waals surface area contributed by atoms with Crippen LogP contribution in [0.25, 0.3) is 0 Å². The molecule has 22 heavy (non-hydrogen) atoms. The van der Waals surface area contributed by atoms with Crippen molar-refractivity contribution in [3.05, 3.63) is 52.5 Å². The fourth-order valence-electron chi connectivity index (χ4n) is 1.75. The van der Waals surface area contributed by atoms with Gasteiger partial charge in [0.2, 0.25) is 5.91 Å². The SMILES string of the molecule is CC(=O)Nc1ccc(Sc2cc(C#N)c(C#N)cc2Cl)cc1. The van der Waals surface area contributed by atoms with Crippen molar-refractivity contribution in [3.8, 4) is 12.1 Å². The smallest absolute Gasteiger partial charge is 0.221 e. The Morgan fingerprint density at radius 2 is 1.73 bits per heavy atom. The van der Waals surface area contributed by atoms with Crippen LogP contribution in [0.1, 0.15) is 18.1 Å². The van der Waals surface area contributed by atoms with Crippen molar-refractivity contribution >= 4 is 35.0 Å². The van der Waals surface area contributed by atoms with Gasteiger partial charge in [-0.15, -0.1) is 0 Å². The molecule has 2 rings (SSSR count). The van der Waals surface area contributed by atoms with Crippen LogP contribution in [0.3, 0.4) is 0 Å². The van der Waals surface area contributed by atoms with Gasteiger partial charge in [-0.25, -0.2) is 0 Å². The highest BCUT2D eigenvalue weighted by Crippen LogP contribution is 2.35. The van der Waals surface area contributed by atoms with E-state index < -0.39 is 0 Å². The number of anilines is 1. The molecular formula is C16H10ClN3OS. The molecule has 0 heterocycles. The first-order valence-corrected chi connectivity index (χ1v) is 7.42. The summed E-state index contributed by atoms with van der Waals surface area (Å²) in [5, 5.41) is 21.1. The average Bonchev–Trinajstić information content (AvgIpc) is 2.50. The number of benzene rings is 2. The molecule has 0 atom stereocenters. The predicted octanol–water partition coefficient (Wildman–Crippen LogP) is 4.19. The highest BCUT2D eigenvalue weighted by Gasteiger charge is 2.10. The molecule has 0 bridgehead atoms. The van der Waals surface area contributed by atoms with Crippen LogP contribution in [-0.4, -0.2) is 5.91 Å². The number of carbonyl (C=O) groups is 1. The van der Waals surface area contributed by atoms with Crippen LogP contribution in [0.2, 0.25) is 5.02 Å². The fourth-order valence-corrected chi connectivity index (χ4v) is 2.89. The maximum absolute atomic E-state index is 11.0. The molecule has 0 fully saturated rings. The molecule has 0 aliphatic carbocycles. The van der Waals surface area contributed by atoms with Crippen LogP contribution in [-0.2, 0) is 4.79 Å². The number of hydrogen-bond donors (Lipinski definition) is 1. The lowest BCUT2D eigenvalue weighted by atomic mass is 10.1. The molecule has 4 nitrogen and oxygen atoms in total. The molecule has 0 aliphatic rings. The van der Waals surface area contributed by atoms with Gasteiger partial charge in [0, 0.05) is 22.4 Å². The van der Waals surface area contributed by atoms with E-state index in [1.807, 2.05) is 24.3 Å². The summed E-state index contributed by atoms with van der Waals surface area (Å²) in [7, 11) is 0. The highest BCUT2D eigenvalue weighted by molar-refractivity contribution is 7.99. The number of amides is 1. The van der Waals surface area contributed by atoms with E-state index in [-0.39, 0.29) is 11.5 Å².